The van der Waals surface area contributed by atoms with Crippen LogP contribution in [0.3, 0.4) is 0 Å². The van der Waals surface area contributed by atoms with Crippen molar-refractivity contribution in [2.45, 2.75) is 35.7 Å². The summed E-state index contributed by atoms with van der Waals surface area (Å²) in [6.07, 6.45) is 0.897. The van der Waals surface area contributed by atoms with Gasteiger partial charge in [-0.15, -0.1) is 0 Å². The van der Waals surface area contributed by atoms with Crippen molar-refractivity contribution < 1.29 is 9.47 Å². The predicted molar refractivity (Wildman–Crippen MR) is 36.1 cm³/mol. The molecule has 0 saturated carbocycles. The maximum atomic E-state index is 8.77. The van der Waals surface area contributed by atoms with Crippen molar-refractivity contribution in [2.75, 3.05) is 0 Å². The lowest BCUT2D eigenvalue weighted by Crippen LogP contribution is -2.36. The number of alkyl halides is 1. The third-order valence-electron chi connectivity index (χ3n) is 2.68. The van der Waals surface area contributed by atoms with Crippen LogP contribution < -0.4 is 0 Å². The summed E-state index contributed by atoms with van der Waals surface area (Å²) in [7, 11) is 0. The maximum Gasteiger partial charge on any atom is 0.162 e. The van der Waals surface area contributed by atoms with Gasteiger partial charge in [0, 0.05) is 6.42 Å². The summed E-state index contributed by atoms with van der Waals surface area (Å²) in [5.74, 6) is 0. The lowest BCUT2D eigenvalue weighted by atomic mass is 9.90. The van der Waals surface area contributed by atoms with E-state index in [-0.39, 0.29) is 24.4 Å². The van der Waals surface area contributed by atoms with Crippen LogP contribution in [0.1, 0.15) is 6.42 Å². The molecule has 3 aliphatic heterocycles. The van der Waals surface area contributed by atoms with Gasteiger partial charge in [0.1, 0.15) is 18.3 Å². The lowest BCUT2D eigenvalue weighted by molar-refractivity contribution is 0.0180. The summed E-state index contributed by atoms with van der Waals surface area (Å²) < 4.78 is 10.7. The summed E-state index contributed by atoms with van der Waals surface area (Å²) in [6, 6.07) is 2.09. The van der Waals surface area contributed by atoms with Crippen LogP contribution in [0.5, 0.6) is 0 Å². The van der Waals surface area contributed by atoms with Gasteiger partial charge in [-0.1, -0.05) is 11.6 Å². The standard InChI is InChI=1S/C7H6ClNO2/c8-7(2-9)1-3-4-5(11-4)6(7)10-3/h3-6H,1H2/t3-,4-,5-,6-,7+/m0/s1. The molecule has 3 heterocycles. The highest BCUT2D eigenvalue weighted by molar-refractivity contribution is 6.26. The van der Waals surface area contributed by atoms with Gasteiger partial charge in [-0.05, 0) is 0 Å². The first kappa shape index (κ1) is 6.24. The largest absolute Gasteiger partial charge is 0.366 e. The van der Waals surface area contributed by atoms with Crippen LogP contribution in [0.4, 0.5) is 0 Å². The molecule has 0 unspecified atom stereocenters. The van der Waals surface area contributed by atoms with Crippen molar-refractivity contribution in [3.8, 4) is 6.07 Å². The number of rotatable bonds is 0. The molecule has 5 atom stereocenters. The van der Waals surface area contributed by atoms with E-state index in [1.54, 1.807) is 0 Å². The maximum absolute atomic E-state index is 8.77. The Morgan fingerprint density at radius 1 is 1.45 bits per heavy atom. The van der Waals surface area contributed by atoms with Crippen molar-refractivity contribution in [3.63, 3.8) is 0 Å². The second-order valence-electron chi connectivity index (χ2n) is 3.34. The molecular formula is C7H6ClNO2. The van der Waals surface area contributed by atoms with E-state index in [0.717, 1.165) is 0 Å². The van der Waals surface area contributed by atoms with E-state index in [1.165, 1.54) is 0 Å². The molecule has 4 heteroatoms. The van der Waals surface area contributed by atoms with E-state index in [1.807, 2.05) is 0 Å². The first-order valence-electron chi connectivity index (χ1n) is 3.66. The third-order valence-corrected chi connectivity index (χ3v) is 3.14. The molecular weight excluding hydrogens is 166 g/mol. The van der Waals surface area contributed by atoms with Gasteiger partial charge in [0.25, 0.3) is 0 Å². The number of nitrogens with zero attached hydrogens (tertiary/aromatic N) is 1. The normalized spacial score (nSPS) is 64.0. The molecule has 0 aliphatic carbocycles. The average molecular weight is 172 g/mol. The SMILES string of the molecule is N#C[C@]1(Cl)C[C@@H]2O[C@H]1[C@H]1O[C@H]12. The van der Waals surface area contributed by atoms with Crippen molar-refractivity contribution in [3.05, 3.63) is 0 Å². The van der Waals surface area contributed by atoms with Crippen LogP contribution in [0, 0.1) is 11.3 Å². The average Bonchev–Trinajstić information content (AvgIpc) is 2.65. The zero-order chi connectivity index (χ0) is 7.64. The summed E-state index contributed by atoms with van der Waals surface area (Å²) in [5, 5.41) is 8.77. The van der Waals surface area contributed by atoms with Gasteiger partial charge in [0.2, 0.25) is 0 Å². The fraction of sp³-hybridized carbons (Fsp3) is 0.857. The summed E-state index contributed by atoms with van der Waals surface area (Å²) in [4.78, 5) is -0.803. The molecule has 0 amide bonds. The molecule has 0 spiro atoms. The molecule has 58 valence electrons. The van der Waals surface area contributed by atoms with Crippen molar-refractivity contribution in [2.24, 2.45) is 0 Å². The van der Waals surface area contributed by atoms with Crippen LogP contribution in [0.2, 0.25) is 0 Å². The van der Waals surface area contributed by atoms with Gasteiger partial charge < -0.3 is 9.47 Å². The Morgan fingerprint density at radius 2 is 2.27 bits per heavy atom. The number of ether oxygens (including phenoxy) is 2. The van der Waals surface area contributed by atoms with E-state index < -0.39 is 4.87 Å². The minimum Gasteiger partial charge on any atom is -0.366 e. The molecule has 3 rings (SSSR count). The Balaban J connectivity index is 1.99. The van der Waals surface area contributed by atoms with E-state index >= 15 is 0 Å². The zero-order valence-electron chi connectivity index (χ0n) is 5.66. The molecule has 3 saturated heterocycles. The fourth-order valence-corrected chi connectivity index (χ4v) is 2.40. The van der Waals surface area contributed by atoms with E-state index in [0.29, 0.717) is 6.42 Å². The quantitative estimate of drug-likeness (QED) is 0.392. The number of hydrogen-bond donors (Lipinski definition) is 0. The van der Waals surface area contributed by atoms with E-state index in [4.69, 9.17) is 26.3 Å². The second kappa shape index (κ2) is 1.56. The van der Waals surface area contributed by atoms with Crippen LogP contribution in [0.25, 0.3) is 0 Å². The molecule has 3 nitrogen and oxygen atoms in total. The number of epoxide rings is 1. The van der Waals surface area contributed by atoms with E-state index in [9.17, 15) is 0 Å². The monoisotopic (exact) mass is 171 g/mol. The highest BCUT2D eigenvalue weighted by atomic mass is 35.5. The molecule has 2 bridgehead atoms. The minimum atomic E-state index is -0.803. The molecule has 0 aromatic rings. The predicted octanol–water partition coefficient (Wildman–Crippen LogP) is 0.426. The summed E-state index contributed by atoms with van der Waals surface area (Å²) in [6.45, 7) is 0. The second-order valence-corrected chi connectivity index (χ2v) is 4.01. The molecule has 3 fully saturated rings. The van der Waals surface area contributed by atoms with Gasteiger partial charge in [0.15, 0.2) is 4.87 Å². The molecule has 11 heavy (non-hydrogen) atoms. The van der Waals surface area contributed by atoms with Gasteiger partial charge in [-0.25, -0.2) is 0 Å². The van der Waals surface area contributed by atoms with Crippen LogP contribution >= 0.6 is 11.6 Å². The van der Waals surface area contributed by atoms with Gasteiger partial charge in [-0.2, -0.15) is 5.26 Å². The number of fused-ring (bicyclic) bond motifs is 5. The number of halogens is 1. The molecule has 0 aromatic heterocycles. The van der Waals surface area contributed by atoms with Crippen molar-refractivity contribution in [1.82, 2.24) is 0 Å². The van der Waals surface area contributed by atoms with Gasteiger partial charge in [-0.3, -0.25) is 0 Å². The summed E-state index contributed by atoms with van der Waals surface area (Å²) >= 11 is 6.01. The topological polar surface area (TPSA) is 45.5 Å². The molecule has 0 aromatic carbocycles. The molecule has 0 N–H and O–H groups in total. The Hall–Kier alpha value is -0.300. The third kappa shape index (κ3) is 0.572. The molecule has 0 radical (unpaired) electrons. The Morgan fingerprint density at radius 3 is 2.82 bits per heavy atom. The van der Waals surface area contributed by atoms with Gasteiger partial charge in [0.05, 0.1) is 12.2 Å². The first-order chi connectivity index (χ1) is 5.24. The zero-order valence-corrected chi connectivity index (χ0v) is 6.41. The molecule has 3 aliphatic rings. The number of hydrogen-bond acceptors (Lipinski definition) is 3. The Kier molecular flexibility index (Phi) is 0.885. The highest BCUT2D eigenvalue weighted by Gasteiger charge is 2.70. The highest BCUT2D eigenvalue weighted by Crippen LogP contribution is 2.54. The Bertz CT molecular complexity index is 264. The lowest BCUT2D eigenvalue weighted by Gasteiger charge is -2.17. The smallest absolute Gasteiger partial charge is 0.162 e. The summed E-state index contributed by atoms with van der Waals surface area (Å²) in [5.41, 5.74) is 0. The fourth-order valence-electron chi connectivity index (χ4n) is 2.07. The first-order valence-corrected chi connectivity index (χ1v) is 4.03. The van der Waals surface area contributed by atoms with Crippen molar-refractivity contribution >= 4 is 11.6 Å². The van der Waals surface area contributed by atoms with Gasteiger partial charge >= 0.3 is 0 Å². The Labute approximate surface area is 68.8 Å². The van der Waals surface area contributed by atoms with Crippen LogP contribution in [-0.2, 0) is 9.47 Å². The minimum absolute atomic E-state index is 0.0853. The van der Waals surface area contributed by atoms with Crippen LogP contribution in [-0.4, -0.2) is 29.3 Å². The number of nitriles is 1. The van der Waals surface area contributed by atoms with E-state index in [2.05, 4.69) is 6.07 Å². The van der Waals surface area contributed by atoms with Crippen LogP contribution in [0.15, 0.2) is 0 Å². The van der Waals surface area contributed by atoms with Crippen molar-refractivity contribution in [1.29, 1.82) is 5.26 Å².